The minimum atomic E-state index is -0.558. The van der Waals surface area contributed by atoms with E-state index in [-0.39, 0.29) is 16.9 Å². The Balaban J connectivity index is 2.17. The number of carbonyl (C=O) groups is 1. The van der Waals surface area contributed by atoms with Crippen LogP contribution in [0, 0.1) is 13.8 Å². The first-order valence-electron chi connectivity index (χ1n) is 8.17. The predicted octanol–water partition coefficient (Wildman–Crippen LogP) is 2.74. The molecule has 1 aromatic carbocycles. The molecular weight excluding hydrogens is 330 g/mol. The van der Waals surface area contributed by atoms with Gasteiger partial charge < -0.3 is 14.9 Å². The maximum absolute atomic E-state index is 12.9. The van der Waals surface area contributed by atoms with Crippen LogP contribution in [0.1, 0.15) is 21.5 Å². The lowest BCUT2D eigenvalue weighted by molar-refractivity contribution is 0.102. The number of carbonyl (C=O) groups excluding carboxylic acids is 1. The van der Waals surface area contributed by atoms with Crippen LogP contribution in [-0.2, 0) is 6.54 Å². The first-order chi connectivity index (χ1) is 12.4. The Bertz CT molecular complexity index is 1140. The monoisotopic (exact) mass is 349 g/mol. The van der Waals surface area contributed by atoms with Crippen LogP contribution in [-0.4, -0.2) is 15.5 Å². The number of aromatic amines is 1. The molecule has 132 valence electrons. The molecule has 6 heteroatoms. The zero-order chi connectivity index (χ0) is 18.8. The highest BCUT2D eigenvalue weighted by Gasteiger charge is 2.20. The van der Waals surface area contributed by atoms with Crippen molar-refractivity contribution >= 4 is 22.6 Å². The minimum absolute atomic E-state index is 0.0490. The number of fused-ring (bicyclic) bond motifs is 1. The molecule has 6 nitrogen and oxygen atoms in total. The zero-order valence-corrected chi connectivity index (χ0v) is 14.6. The van der Waals surface area contributed by atoms with Crippen molar-refractivity contribution in [3.8, 4) is 0 Å². The Morgan fingerprint density at radius 3 is 2.65 bits per heavy atom. The van der Waals surface area contributed by atoms with E-state index < -0.39 is 11.5 Å². The van der Waals surface area contributed by atoms with Crippen molar-refractivity contribution in [1.29, 1.82) is 0 Å². The highest BCUT2D eigenvalue weighted by molar-refractivity contribution is 6.07. The lowest BCUT2D eigenvalue weighted by atomic mass is 10.0. The van der Waals surface area contributed by atoms with Gasteiger partial charge >= 0.3 is 0 Å². The zero-order valence-electron chi connectivity index (χ0n) is 14.6. The molecule has 0 fully saturated rings. The lowest BCUT2D eigenvalue weighted by Crippen LogP contribution is -2.31. The van der Waals surface area contributed by atoms with E-state index >= 15 is 0 Å². The van der Waals surface area contributed by atoms with Crippen molar-refractivity contribution in [1.82, 2.24) is 9.55 Å². The van der Waals surface area contributed by atoms with Gasteiger partial charge in [-0.05, 0) is 37.1 Å². The summed E-state index contributed by atoms with van der Waals surface area (Å²) in [5.41, 5.74) is 1.39. The summed E-state index contributed by atoms with van der Waals surface area (Å²) < 4.78 is 1.52. The third kappa shape index (κ3) is 3.09. The molecule has 2 N–H and O–H groups in total. The van der Waals surface area contributed by atoms with Crippen molar-refractivity contribution in [3.05, 3.63) is 86.5 Å². The fourth-order valence-corrected chi connectivity index (χ4v) is 3.08. The number of allylic oxidation sites excluding steroid dienone is 1. The van der Waals surface area contributed by atoms with Crippen molar-refractivity contribution in [3.63, 3.8) is 0 Å². The number of hydrogen-bond acceptors (Lipinski definition) is 3. The summed E-state index contributed by atoms with van der Waals surface area (Å²) in [5, 5.41) is 3.44. The Kier molecular flexibility index (Phi) is 4.58. The molecule has 1 amide bonds. The van der Waals surface area contributed by atoms with Crippen molar-refractivity contribution in [2.45, 2.75) is 20.4 Å². The molecule has 0 atom stereocenters. The number of rotatable bonds is 4. The third-order valence-corrected chi connectivity index (χ3v) is 4.21. The molecule has 0 saturated heterocycles. The van der Waals surface area contributed by atoms with E-state index in [2.05, 4.69) is 16.9 Å². The summed E-state index contributed by atoms with van der Waals surface area (Å²) in [5.74, 6) is -0.306. The van der Waals surface area contributed by atoms with Crippen LogP contribution in [0.25, 0.3) is 10.9 Å². The topological polar surface area (TPSA) is 84.0 Å². The highest BCUT2D eigenvalue weighted by atomic mass is 16.2. The average molecular weight is 349 g/mol. The fourth-order valence-electron chi connectivity index (χ4n) is 3.08. The van der Waals surface area contributed by atoms with Gasteiger partial charge in [-0.15, -0.1) is 6.58 Å². The number of para-hydroxylation sites is 1. The number of benzene rings is 1. The van der Waals surface area contributed by atoms with Gasteiger partial charge in [0.1, 0.15) is 11.4 Å². The molecule has 0 radical (unpaired) electrons. The van der Waals surface area contributed by atoms with E-state index in [1.165, 1.54) is 10.6 Å². The highest BCUT2D eigenvalue weighted by Crippen LogP contribution is 2.20. The predicted molar refractivity (Wildman–Crippen MR) is 103 cm³/mol. The molecule has 0 aliphatic heterocycles. The van der Waals surface area contributed by atoms with Crippen LogP contribution in [0.4, 0.5) is 5.82 Å². The Labute approximate surface area is 149 Å². The summed E-state index contributed by atoms with van der Waals surface area (Å²) in [6.07, 6.45) is 1.61. The Morgan fingerprint density at radius 1 is 1.23 bits per heavy atom. The normalized spacial score (nSPS) is 10.7. The Morgan fingerprint density at radius 2 is 1.96 bits per heavy atom. The lowest BCUT2D eigenvalue weighted by Gasteiger charge is -2.15. The molecule has 0 aliphatic rings. The molecule has 0 saturated carbocycles. The SMILES string of the molecule is C=CCn1c(=O)c(C(=O)Nc2cc(C)cc(=O)[nH]2)c(C)c2ccccc21. The quantitative estimate of drug-likeness (QED) is 0.710. The van der Waals surface area contributed by atoms with Gasteiger partial charge in [-0.25, -0.2) is 0 Å². The standard InChI is InChI=1S/C20H19N3O3/c1-4-9-23-15-8-6-5-7-14(15)13(3)18(20(23)26)19(25)22-16-10-12(2)11-17(24)21-16/h4-8,10-11H,1,9H2,2-3H3,(H2,21,22,24,25). The molecule has 26 heavy (non-hydrogen) atoms. The molecular formula is C20H19N3O3. The van der Waals surface area contributed by atoms with Crippen LogP contribution in [0.15, 0.2) is 58.6 Å². The van der Waals surface area contributed by atoms with Crippen molar-refractivity contribution < 1.29 is 4.79 Å². The number of aromatic nitrogens is 2. The first-order valence-corrected chi connectivity index (χ1v) is 8.17. The van der Waals surface area contributed by atoms with Gasteiger partial charge in [0.05, 0.1) is 5.52 Å². The Hall–Kier alpha value is -3.41. The van der Waals surface area contributed by atoms with Gasteiger partial charge in [0, 0.05) is 18.0 Å². The van der Waals surface area contributed by atoms with Gasteiger partial charge in [0.2, 0.25) is 5.56 Å². The van der Waals surface area contributed by atoms with E-state index in [9.17, 15) is 14.4 Å². The maximum atomic E-state index is 12.9. The average Bonchev–Trinajstić information content (AvgIpc) is 2.58. The molecule has 2 aromatic heterocycles. The second-order valence-electron chi connectivity index (χ2n) is 6.11. The van der Waals surface area contributed by atoms with Crippen molar-refractivity contribution in [2.75, 3.05) is 5.32 Å². The van der Waals surface area contributed by atoms with Crippen LogP contribution in [0.2, 0.25) is 0 Å². The van der Waals surface area contributed by atoms with E-state index in [1.54, 1.807) is 26.0 Å². The number of H-pyrrole nitrogens is 1. The molecule has 2 heterocycles. The molecule has 0 aliphatic carbocycles. The minimum Gasteiger partial charge on any atom is -0.309 e. The molecule has 3 rings (SSSR count). The fraction of sp³-hybridized carbons (Fsp3) is 0.150. The van der Waals surface area contributed by atoms with Crippen LogP contribution in [0.3, 0.4) is 0 Å². The number of amides is 1. The summed E-state index contributed by atoms with van der Waals surface area (Å²) >= 11 is 0. The van der Waals surface area contributed by atoms with Crippen LogP contribution in [0.5, 0.6) is 0 Å². The van der Waals surface area contributed by atoms with Gasteiger partial charge in [-0.3, -0.25) is 14.4 Å². The number of pyridine rings is 2. The number of aryl methyl sites for hydroxylation is 2. The van der Waals surface area contributed by atoms with Gasteiger partial charge in [0.25, 0.3) is 11.5 Å². The largest absolute Gasteiger partial charge is 0.309 e. The summed E-state index contributed by atoms with van der Waals surface area (Å²) in [4.78, 5) is 39.9. The second-order valence-corrected chi connectivity index (χ2v) is 6.11. The number of anilines is 1. The van der Waals surface area contributed by atoms with Crippen LogP contribution >= 0.6 is 0 Å². The van der Waals surface area contributed by atoms with E-state index in [1.807, 2.05) is 24.3 Å². The van der Waals surface area contributed by atoms with E-state index in [0.29, 0.717) is 17.7 Å². The molecule has 3 aromatic rings. The first kappa shape index (κ1) is 17.4. The van der Waals surface area contributed by atoms with Crippen molar-refractivity contribution in [2.24, 2.45) is 0 Å². The number of nitrogens with zero attached hydrogens (tertiary/aromatic N) is 1. The van der Waals surface area contributed by atoms with Gasteiger partial charge in [-0.2, -0.15) is 0 Å². The summed E-state index contributed by atoms with van der Waals surface area (Å²) in [6.45, 7) is 7.48. The van der Waals surface area contributed by atoms with Crippen LogP contribution < -0.4 is 16.4 Å². The second kappa shape index (κ2) is 6.84. The summed E-state index contributed by atoms with van der Waals surface area (Å²) in [7, 11) is 0. The number of nitrogens with one attached hydrogen (secondary N) is 2. The summed E-state index contributed by atoms with van der Waals surface area (Å²) in [6, 6.07) is 10.5. The van der Waals surface area contributed by atoms with Gasteiger partial charge in [-0.1, -0.05) is 24.3 Å². The maximum Gasteiger partial charge on any atom is 0.264 e. The van der Waals surface area contributed by atoms with E-state index in [4.69, 9.17) is 0 Å². The third-order valence-electron chi connectivity index (χ3n) is 4.21. The van der Waals surface area contributed by atoms with E-state index in [0.717, 1.165) is 10.9 Å². The molecule has 0 unspecified atom stereocenters. The number of hydrogen-bond donors (Lipinski definition) is 2. The van der Waals surface area contributed by atoms with Gasteiger partial charge in [0.15, 0.2) is 0 Å². The smallest absolute Gasteiger partial charge is 0.264 e. The molecule has 0 bridgehead atoms. The molecule has 0 spiro atoms.